The molecule has 0 unspecified atom stereocenters. The summed E-state index contributed by atoms with van der Waals surface area (Å²) in [6.45, 7) is 7.39. The van der Waals surface area contributed by atoms with Gasteiger partial charge in [0.25, 0.3) is 0 Å². The highest BCUT2D eigenvalue weighted by Crippen LogP contribution is 2.15. The Bertz CT molecular complexity index is 288. The van der Waals surface area contributed by atoms with E-state index in [1.165, 1.54) is 35.0 Å². The standard InChI is InChI=1S/C12H23N3S/c1-10-11(2)16-12(14-10)9-13-7-5-6-8-15(3)4/h13H,5-9H2,1-4H3. The minimum absolute atomic E-state index is 0.918. The Balaban J connectivity index is 2.07. The molecule has 0 amide bonds. The summed E-state index contributed by atoms with van der Waals surface area (Å²) < 4.78 is 0. The average molecular weight is 241 g/mol. The molecular formula is C12H23N3S. The fourth-order valence-electron chi connectivity index (χ4n) is 1.49. The molecule has 0 aliphatic carbocycles. The Morgan fingerprint density at radius 3 is 2.56 bits per heavy atom. The molecule has 0 radical (unpaired) electrons. The van der Waals surface area contributed by atoms with Crippen molar-refractivity contribution in [2.45, 2.75) is 33.2 Å². The maximum Gasteiger partial charge on any atom is 0.107 e. The van der Waals surface area contributed by atoms with Crippen LogP contribution in [0.25, 0.3) is 0 Å². The van der Waals surface area contributed by atoms with Crippen molar-refractivity contribution in [1.82, 2.24) is 15.2 Å². The lowest BCUT2D eigenvalue weighted by atomic mass is 10.3. The van der Waals surface area contributed by atoms with Crippen LogP contribution in [0.4, 0.5) is 0 Å². The van der Waals surface area contributed by atoms with Crippen LogP contribution >= 0.6 is 11.3 Å². The van der Waals surface area contributed by atoms with Crippen molar-refractivity contribution in [3.8, 4) is 0 Å². The van der Waals surface area contributed by atoms with Crippen LogP contribution in [0.1, 0.15) is 28.4 Å². The van der Waals surface area contributed by atoms with Crippen LogP contribution in [0.2, 0.25) is 0 Å². The number of hydrogen-bond acceptors (Lipinski definition) is 4. The lowest BCUT2D eigenvalue weighted by molar-refractivity contribution is 0.391. The highest BCUT2D eigenvalue weighted by Gasteiger charge is 2.02. The molecule has 0 saturated carbocycles. The Labute approximate surface area is 103 Å². The van der Waals surface area contributed by atoms with Gasteiger partial charge in [-0.3, -0.25) is 0 Å². The van der Waals surface area contributed by atoms with Gasteiger partial charge >= 0.3 is 0 Å². The van der Waals surface area contributed by atoms with Gasteiger partial charge in [0.1, 0.15) is 5.01 Å². The summed E-state index contributed by atoms with van der Waals surface area (Å²) in [5, 5.41) is 4.66. The maximum absolute atomic E-state index is 4.50. The summed E-state index contributed by atoms with van der Waals surface area (Å²) in [6, 6.07) is 0. The highest BCUT2D eigenvalue weighted by molar-refractivity contribution is 7.11. The van der Waals surface area contributed by atoms with Crippen LogP contribution in [0.15, 0.2) is 0 Å². The molecule has 1 N–H and O–H groups in total. The van der Waals surface area contributed by atoms with Crippen molar-refractivity contribution in [3.05, 3.63) is 15.6 Å². The molecule has 16 heavy (non-hydrogen) atoms. The Morgan fingerprint density at radius 2 is 2.00 bits per heavy atom. The number of nitrogens with zero attached hydrogens (tertiary/aromatic N) is 2. The molecular weight excluding hydrogens is 218 g/mol. The van der Waals surface area contributed by atoms with Gasteiger partial charge in [0, 0.05) is 11.4 Å². The van der Waals surface area contributed by atoms with Gasteiger partial charge in [0.05, 0.1) is 5.69 Å². The van der Waals surface area contributed by atoms with Gasteiger partial charge in [-0.1, -0.05) is 0 Å². The van der Waals surface area contributed by atoms with Crippen LogP contribution in [-0.4, -0.2) is 37.1 Å². The first-order valence-electron chi connectivity index (χ1n) is 5.88. The van der Waals surface area contributed by atoms with Crippen molar-refractivity contribution in [2.24, 2.45) is 0 Å². The second-order valence-corrected chi connectivity index (χ2v) is 5.72. The molecule has 92 valence electrons. The van der Waals surface area contributed by atoms with Crippen LogP contribution in [-0.2, 0) is 6.54 Å². The SMILES string of the molecule is Cc1nc(CNCCCCN(C)C)sc1C. The van der Waals surface area contributed by atoms with Crippen molar-refractivity contribution in [1.29, 1.82) is 0 Å². The Kier molecular flexibility index (Phi) is 5.95. The molecule has 3 nitrogen and oxygen atoms in total. The number of aryl methyl sites for hydroxylation is 2. The van der Waals surface area contributed by atoms with Gasteiger partial charge in [-0.2, -0.15) is 0 Å². The zero-order valence-electron chi connectivity index (χ0n) is 10.8. The number of aromatic nitrogens is 1. The molecule has 0 spiro atoms. The van der Waals surface area contributed by atoms with Crippen molar-refractivity contribution in [3.63, 3.8) is 0 Å². The summed E-state index contributed by atoms with van der Waals surface area (Å²) >= 11 is 1.80. The van der Waals surface area contributed by atoms with E-state index in [9.17, 15) is 0 Å². The molecule has 0 aliphatic heterocycles. The number of hydrogen-bond donors (Lipinski definition) is 1. The topological polar surface area (TPSA) is 28.2 Å². The predicted molar refractivity (Wildman–Crippen MR) is 71.1 cm³/mol. The third-order valence-electron chi connectivity index (χ3n) is 2.56. The molecule has 4 heteroatoms. The zero-order valence-corrected chi connectivity index (χ0v) is 11.7. The van der Waals surface area contributed by atoms with E-state index in [1.54, 1.807) is 11.3 Å². The number of unbranched alkanes of at least 4 members (excludes halogenated alkanes) is 1. The first-order chi connectivity index (χ1) is 7.59. The van der Waals surface area contributed by atoms with Crippen LogP contribution in [0.3, 0.4) is 0 Å². The van der Waals surface area contributed by atoms with Gasteiger partial charge in [-0.05, 0) is 53.9 Å². The van der Waals surface area contributed by atoms with E-state index >= 15 is 0 Å². The molecule has 1 rings (SSSR count). The monoisotopic (exact) mass is 241 g/mol. The lowest BCUT2D eigenvalue weighted by Crippen LogP contribution is -2.18. The van der Waals surface area contributed by atoms with E-state index in [2.05, 4.69) is 43.1 Å². The fraction of sp³-hybridized carbons (Fsp3) is 0.750. The Hall–Kier alpha value is -0.450. The van der Waals surface area contributed by atoms with E-state index in [4.69, 9.17) is 0 Å². The Morgan fingerprint density at radius 1 is 1.25 bits per heavy atom. The smallest absolute Gasteiger partial charge is 0.107 e. The van der Waals surface area contributed by atoms with E-state index in [0.29, 0.717) is 0 Å². The van der Waals surface area contributed by atoms with Gasteiger partial charge < -0.3 is 10.2 Å². The first kappa shape index (κ1) is 13.6. The van der Waals surface area contributed by atoms with Crippen LogP contribution in [0.5, 0.6) is 0 Å². The summed E-state index contributed by atoms with van der Waals surface area (Å²) in [4.78, 5) is 8.07. The molecule has 0 fully saturated rings. The summed E-state index contributed by atoms with van der Waals surface area (Å²) in [5.74, 6) is 0. The van der Waals surface area contributed by atoms with Gasteiger partial charge in [-0.25, -0.2) is 4.98 Å². The second kappa shape index (κ2) is 6.99. The van der Waals surface area contributed by atoms with E-state index < -0.39 is 0 Å². The van der Waals surface area contributed by atoms with Crippen LogP contribution < -0.4 is 5.32 Å². The van der Waals surface area contributed by atoms with Crippen molar-refractivity contribution >= 4 is 11.3 Å². The van der Waals surface area contributed by atoms with E-state index in [-0.39, 0.29) is 0 Å². The molecule has 0 saturated heterocycles. The maximum atomic E-state index is 4.50. The molecule has 1 aromatic rings. The first-order valence-corrected chi connectivity index (χ1v) is 6.69. The normalized spacial score (nSPS) is 11.3. The number of nitrogens with one attached hydrogen (secondary N) is 1. The quantitative estimate of drug-likeness (QED) is 0.742. The predicted octanol–water partition coefficient (Wildman–Crippen LogP) is 2.19. The molecule has 0 bridgehead atoms. The van der Waals surface area contributed by atoms with E-state index in [0.717, 1.165) is 13.1 Å². The molecule has 1 aromatic heterocycles. The third kappa shape index (κ3) is 5.05. The number of thiazole rings is 1. The minimum atomic E-state index is 0.918. The minimum Gasteiger partial charge on any atom is -0.310 e. The van der Waals surface area contributed by atoms with Gasteiger partial charge in [-0.15, -0.1) is 11.3 Å². The van der Waals surface area contributed by atoms with E-state index in [1.807, 2.05) is 0 Å². The summed E-state index contributed by atoms with van der Waals surface area (Å²) in [7, 11) is 4.24. The molecule has 0 aliphatic rings. The largest absolute Gasteiger partial charge is 0.310 e. The van der Waals surface area contributed by atoms with Crippen LogP contribution in [0, 0.1) is 13.8 Å². The molecule has 1 heterocycles. The van der Waals surface area contributed by atoms with Crippen molar-refractivity contribution < 1.29 is 0 Å². The summed E-state index contributed by atoms with van der Waals surface area (Å²) in [5.41, 5.74) is 1.18. The zero-order chi connectivity index (χ0) is 12.0. The molecule has 0 aromatic carbocycles. The molecule has 0 atom stereocenters. The van der Waals surface area contributed by atoms with Gasteiger partial charge in [0.15, 0.2) is 0 Å². The highest BCUT2D eigenvalue weighted by atomic mass is 32.1. The second-order valence-electron chi connectivity index (χ2n) is 4.44. The third-order valence-corrected chi connectivity index (χ3v) is 3.63. The van der Waals surface area contributed by atoms with Crippen molar-refractivity contribution in [2.75, 3.05) is 27.2 Å². The fourth-order valence-corrected chi connectivity index (χ4v) is 2.39. The van der Waals surface area contributed by atoms with Gasteiger partial charge in [0.2, 0.25) is 0 Å². The lowest BCUT2D eigenvalue weighted by Gasteiger charge is -2.08. The summed E-state index contributed by atoms with van der Waals surface area (Å²) in [6.07, 6.45) is 2.50. The average Bonchev–Trinajstić information content (AvgIpc) is 2.52. The number of rotatable bonds is 7.